The monoisotopic (exact) mass is 268 g/mol. The molecule has 0 saturated heterocycles. The molecule has 2 aliphatic rings. The van der Waals surface area contributed by atoms with Crippen LogP contribution in [0, 0.1) is 5.41 Å². The number of aliphatic carboxylic acids is 1. The van der Waals surface area contributed by atoms with E-state index < -0.39 is 5.97 Å². The highest BCUT2D eigenvalue weighted by Crippen LogP contribution is 2.39. The smallest absolute Gasteiger partial charge is 0.317 e. The second-order valence-electron chi connectivity index (χ2n) is 6.88. The summed E-state index contributed by atoms with van der Waals surface area (Å²) >= 11 is 0. The van der Waals surface area contributed by atoms with Gasteiger partial charge in [0.25, 0.3) is 0 Å². The Morgan fingerprint density at radius 3 is 2.58 bits per heavy atom. The zero-order valence-electron chi connectivity index (χ0n) is 12.5. The highest BCUT2D eigenvalue weighted by molar-refractivity contribution is 5.69. The molecule has 4 nitrogen and oxygen atoms in total. The first kappa shape index (κ1) is 14.8. The van der Waals surface area contributed by atoms with Crippen LogP contribution < -0.4 is 5.32 Å². The number of rotatable bonds is 6. The summed E-state index contributed by atoms with van der Waals surface area (Å²) in [6, 6.07) is 1.70. The quantitative estimate of drug-likeness (QED) is 0.774. The summed E-state index contributed by atoms with van der Waals surface area (Å²) in [6.07, 6.45) is 6.16. The molecule has 2 rings (SSSR count). The molecule has 0 aliphatic heterocycles. The summed E-state index contributed by atoms with van der Waals surface area (Å²) in [6.45, 7) is 7.78. The van der Waals surface area contributed by atoms with E-state index in [1.807, 2.05) is 6.92 Å². The molecule has 0 bridgehead atoms. The molecule has 2 N–H and O–H groups in total. The van der Waals surface area contributed by atoms with Gasteiger partial charge in [-0.2, -0.15) is 0 Å². The Bertz CT molecular complexity index is 324. The predicted octanol–water partition coefficient (Wildman–Crippen LogP) is 2.09. The lowest BCUT2D eigenvalue weighted by Crippen LogP contribution is -2.57. The summed E-state index contributed by atoms with van der Waals surface area (Å²) in [5.41, 5.74) is 0.427. The van der Waals surface area contributed by atoms with Crippen LogP contribution in [0.4, 0.5) is 0 Å². The Labute approximate surface area is 116 Å². The Balaban J connectivity index is 1.75. The van der Waals surface area contributed by atoms with Crippen molar-refractivity contribution in [2.45, 2.75) is 71.0 Å². The molecule has 110 valence electrons. The van der Waals surface area contributed by atoms with Gasteiger partial charge in [-0.1, -0.05) is 27.2 Å². The van der Waals surface area contributed by atoms with E-state index in [0.717, 1.165) is 19.4 Å². The second kappa shape index (κ2) is 5.80. The predicted molar refractivity (Wildman–Crippen MR) is 76.2 cm³/mol. The van der Waals surface area contributed by atoms with Crippen molar-refractivity contribution in [2.75, 3.05) is 13.1 Å². The first-order valence-electron chi connectivity index (χ1n) is 7.64. The molecule has 19 heavy (non-hydrogen) atoms. The molecule has 0 spiro atoms. The third-order valence-electron chi connectivity index (χ3n) is 5.07. The summed E-state index contributed by atoms with van der Waals surface area (Å²) < 4.78 is 0. The molecule has 0 heterocycles. The molecule has 2 saturated carbocycles. The van der Waals surface area contributed by atoms with Gasteiger partial charge < -0.3 is 10.4 Å². The average Bonchev–Trinajstić information content (AvgIpc) is 2.59. The van der Waals surface area contributed by atoms with Crippen LogP contribution in [0.3, 0.4) is 0 Å². The largest absolute Gasteiger partial charge is 0.480 e. The van der Waals surface area contributed by atoms with Crippen molar-refractivity contribution in [3.8, 4) is 0 Å². The first-order chi connectivity index (χ1) is 8.92. The number of hydrogen-bond donors (Lipinski definition) is 2. The van der Waals surface area contributed by atoms with Gasteiger partial charge in [-0.25, -0.2) is 0 Å². The molecular formula is C15H28N2O2. The zero-order chi connectivity index (χ0) is 14.0. The van der Waals surface area contributed by atoms with Gasteiger partial charge in [0.05, 0.1) is 6.54 Å². The molecule has 0 aromatic heterocycles. The lowest BCUT2D eigenvalue weighted by atomic mass is 9.81. The number of carbonyl (C=O) groups is 1. The van der Waals surface area contributed by atoms with E-state index >= 15 is 0 Å². The maximum atomic E-state index is 10.8. The highest BCUT2D eigenvalue weighted by Gasteiger charge is 2.40. The van der Waals surface area contributed by atoms with E-state index in [-0.39, 0.29) is 6.54 Å². The van der Waals surface area contributed by atoms with Crippen LogP contribution in [0.15, 0.2) is 0 Å². The van der Waals surface area contributed by atoms with E-state index in [2.05, 4.69) is 24.1 Å². The zero-order valence-corrected chi connectivity index (χ0v) is 12.5. The highest BCUT2D eigenvalue weighted by atomic mass is 16.4. The van der Waals surface area contributed by atoms with Crippen molar-refractivity contribution in [3.63, 3.8) is 0 Å². The molecular weight excluding hydrogens is 240 g/mol. The van der Waals surface area contributed by atoms with Gasteiger partial charge in [-0.3, -0.25) is 9.69 Å². The van der Waals surface area contributed by atoms with E-state index in [1.165, 1.54) is 19.3 Å². The van der Waals surface area contributed by atoms with Crippen molar-refractivity contribution in [3.05, 3.63) is 0 Å². The molecule has 4 heteroatoms. The maximum absolute atomic E-state index is 10.8. The summed E-state index contributed by atoms with van der Waals surface area (Å²) in [5, 5.41) is 12.7. The molecule has 2 fully saturated rings. The standard InChI is InChI=1S/C15H28N2O2/c1-4-17(10-14(18)19)12-8-11(9-12)16-13-6-5-7-15(13,2)3/h11-13,16H,4-10H2,1-3H3,(H,18,19). The fourth-order valence-corrected chi connectivity index (χ4v) is 3.62. The van der Waals surface area contributed by atoms with E-state index in [1.54, 1.807) is 0 Å². The van der Waals surface area contributed by atoms with E-state index in [0.29, 0.717) is 23.5 Å². The van der Waals surface area contributed by atoms with Crippen LogP contribution in [0.25, 0.3) is 0 Å². The molecule has 0 aromatic rings. The number of nitrogens with zero attached hydrogens (tertiary/aromatic N) is 1. The minimum Gasteiger partial charge on any atom is -0.480 e. The van der Waals surface area contributed by atoms with Gasteiger partial charge in [-0.05, 0) is 37.6 Å². The normalized spacial score (nSPS) is 33.4. The third kappa shape index (κ3) is 3.48. The van der Waals surface area contributed by atoms with Crippen LogP contribution in [-0.2, 0) is 4.79 Å². The van der Waals surface area contributed by atoms with Crippen molar-refractivity contribution in [2.24, 2.45) is 5.41 Å². The maximum Gasteiger partial charge on any atom is 0.317 e. The summed E-state index contributed by atoms with van der Waals surface area (Å²) in [5.74, 6) is -0.713. The Morgan fingerprint density at radius 2 is 2.11 bits per heavy atom. The minimum absolute atomic E-state index is 0.183. The van der Waals surface area contributed by atoms with Gasteiger partial charge in [-0.15, -0.1) is 0 Å². The van der Waals surface area contributed by atoms with Gasteiger partial charge in [0, 0.05) is 18.1 Å². The topological polar surface area (TPSA) is 52.6 Å². The van der Waals surface area contributed by atoms with Crippen molar-refractivity contribution < 1.29 is 9.90 Å². The molecule has 0 amide bonds. The number of carboxylic acid groups (broad SMARTS) is 1. The number of hydrogen-bond acceptors (Lipinski definition) is 3. The van der Waals surface area contributed by atoms with Gasteiger partial charge in [0.15, 0.2) is 0 Å². The van der Waals surface area contributed by atoms with Gasteiger partial charge in [0.1, 0.15) is 0 Å². The summed E-state index contributed by atoms with van der Waals surface area (Å²) in [4.78, 5) is 12.9. The third-order valence-corrected chi connectivity index (χ3v) is 5.07. The lowest BCUT2D eigenvalue weighted by Gasteiger charge is -2.45. The second-order valence-corrected chi connectivity index (χ2v) is 6.88. The van der Waals surface area contributed by atoms with Crippen LogP contribution in [0.2, 0.25) is 0 Å². The Morgan fingerprint density at radius 1 is 1.42 bits per heavy atom. The fraction of sp³-hybridized carbons (Fsp3) is 0.933. The Kier molecular flexibility index (Phi) is 4.51. The van der Waals surface area contributed by atoms with E-state index in [9.17, 15) is 4.79 Å². The summed E-state index contributed by atoms with van der Waals surface area (Å²) in [7, 11) is 0. The van der Waals surface area contributed by atoms with Crippen molar-refractivity contribution >= 4 is 5.97 Å². The lowest BCUT2D eigenvalue weighted by molar-refractivity contribution is -0.139. The van der Waals surface area contributed by atoms with Crippen LogP contribution >= 0.6 is 0 Å². The molecule has 0 aromatic carbocycles. The van der Waals surface area contributed by atoms with E-state index in [4.69, 9.17) is 5.11 Å². The minimum atomic E-state index is -0.713. The number of carboxylic acids is 1. The van der Waals surface area contributed by atoms with Crippen LogP contribution in [0.5, 0.6) is 0 Å². The average molecular weight is 268 g/mol. The molecule has 1 atom stereocenters. The van der Waals surface area contributed by atoms with Gasteiger partial charge in [0.2, 0.25) is 0 Å². The fourth-order valence-electron chi connectivity index (χ4n) is 3.62. The molecule has 2 aliphatic carbocycles. The Hall–Kier alpha value is -0.610. The number of nitrogens with one attached hydrogen (secondary N) is 1. The van der Waals surface area contributed by atoms with Crippen molar-refractivity contribution in [1.29, 1.82) is 0 Å². The van der Waals surface area contributed by atoms with Gasteiger partial charge >= 0.3 is 5.97 Å². The molecule has 0 radical (unpaired) electrons. The number of likely N-dealkylation sites (N-methyl/N-ethyl adjacent to an activating group) is 1. The first-order valence-corrected chi connectivity index (χ1v) is 7.64. The van der Waals surface area contributed by atoms with Crippen molar-refractivity contribution in [1.82, 2.24) is 10.2 Å². The SMILES string of the molecule is CCN(CC(=O)O)C1CC(NC2CCCC2(C)C)C1. The van der Waals surface area contributed by atoms with Crippen LogP contribution in [0.1, 0.15) is 52.9 Å². The molecule has 1 unspecified atom stereocenters. The van der Waals surface area contributed by atoms with Crippen LogP contribution in [-0.4, -0.2) is 47.2 Å².